The van der Waals surface area contributed by atoms with Crippen LogP contribution in [-0.4, -0.2) is 13.2 Å². The third-order valence-electron chi connectivity index (χ3n) is 1.94. The molecule has 12 heavy (non-hydrogen) atoms. The van der Waals surface area contributed by atoms with Gasteiger partial charge in [0.1, 0.15) is 12.4 Å². The van der Waals surface area contributed by atoms with Crippen molar-refractivity contribution in [3.63, 3.8) is 0 Å². The zero-order chi connectivity index (χ0) is 8.39. The first-order chi connectivity index (χ1) is 5.86. The van der Waals surface area contributed by atoms with Crippen molar-refractivity contribution in [2.75, 3.05) is 18.9 Å². The fourth-order valence-corrected chi connectivity index (χ4v) is 1.33. The smallest absolute Gasteiger partial charge is 0.123 e. The summed E-state index contributed by atoms with van der Waals surface area (Å²) < 4.78 is 5.49. The maximum atomic E-state index is 5.65. The Morgan fingerprint density at radius 2 is 2.33 bits per heavy atom. The van der Waals surface area contributed by atoms with Gasteiger partial charge in [0.15, 0.2) is 0 Å². The number of fused-ring (bicyclic) bond motifs is 1. The van der Waals surface area contributed by atoms with Crippen LogP contribution in [0, 0.1) is 0 Å². The summed E-state index contributed by atoms with van der Waals surface area (Å²) in [5.41, 5.74) is 7.59. The van der Waals surface area contributed by atoms with Crippen molar-refractivity contribution in [3.05, 3.63) is 23.8 Å². The Hall–Kier alpha value is -1.22. The molecule has 64 valence electrons. The Morgan fingerprint density at radius 1 is 1.42 bits per heavy atom. The second-order valence-electron chi connectivity index (χ2n) is 2.89. The van der Waals surface area contributed by atoms with Gasteiger partial charge in [0.05, 0.1) is 0 Å². The third-order valence-corrected chi connectivity index (χ3v) is 1.94. The molecule has 0 radical (unpaired) electrons. The normalized spacial score (nSPS) is 16.0. The van der Waals surface area contributed by atoms with Gasteiger partial charge in [-0.15, -0.1) is 0 Å². The SMILES string of the molecule is Nc1ccc2c(c1)CNCCO2. The molecule has 3 N–H and O–H groups in total. The molecule has 0 aromatic heterocycles. The van der Waals surface area contributed by atoms with Gasteiger partial charge in [0.2, 0.25) is 0 Å². The molecule has 3 heteroatoms. The Labute approximate surface area is 71.5 Å². The van der Waals surface area contributed by atoms with Gasteiger partial charge in [-0.25, -0.2) is 0 Å². The van der Waals surface area contributed by atoms with E-state index in [0.717, 1.165) is 36.7 Å². The lowest BCUT2D eigenvalue weighted by atomic mass is 10.2. The first-order valence-corrected chi connectivity index (χ1v) is 4.08. The van der Waals surface area contributed by atoms with Crippen LogP contribution < -0.4 is 15.8 Å². The van der Waals surface area contributed by atoms with Crippen LogP contribution in [0.2, 0.25) is 0 Å². The van der Waals surface area contributed by atoms with E-state index in [0.29, 0.717) is 0 Å². The molecule has 0 amide bonds. The molecule has 0 atom stereocenters. The fraction of sp³-hybridized carbons (Fsp3) is 0.333. The summed E-state index contributed by atoms with van der Waals surface area (Å²) in [5, 5.41) is 3.25. The number of nitrogens with two attached hydrogens (primary N) is 1. The van der Waals surface area contributed by atoms with Gasteiger partial charge in [0.25, 0.3) is 0 Å². The topological polar surface area (TPSA) is 47.3 Å². The number of hydrogen-bond acceptors (Lipinski definition) is 3. The summed E-state index contributed by atoms with van der Waals surface area (Å²) in [7, 11) is 0. The molecule has 1 aliphatic heterocycles. The van der Waals surface area contributed by atoms with E-state index >= 15 is 0 Å². The number of nitrogen functional groups attached to an aromatic ring is 1. The first kappa shape index (κ1) is 7.43. The molecule has 0 unspecified atom stereocenters. The van der Waals surface area contributed by atoms with Crippen LogP contribution in [-0.2, 0) is 6.54 Å². The highest BCUT2D eigenvalue weighted by Crippen LogP contribution is 2.22. The van der Waals surface area contributed by atoms with Crippen LogP contribution in [0.15, 0.2) is 18.2 Å². The van der Waals surface area contributed by atoms with Gasteiger partial charge < -0.3 is 15.8 Å². The summed E-state index contributed by atoms with van der Waals surface area (Å²) in [4.78, 5) is 0. The number of nitrogens with one attached hydrogen (secondary N) is 1. The largest absolute Gasteiger partial charge is 0.492 e. The summed E-state index contributed by atoms with van der Waals surface area (Å²) in [6, 6.07) is 5.75. The lowest BCUT2D eigenvalue weighted by molar-refractivity contribution is 0.326. The van der Waals surface area contributed by atoms with E-state index in [9.17, 15) is 0 Å². The zero-order valence-corrected chi connectivity index (χ0v) is 6.84. The molecule has 1 aromatic rings. The van der Waals surface area contributed by atoms with E-state index in [4.69, 9.17) is 10.5 Å². The van der Waals surface area contributed by atoms with Crippen LogP contribution in [0.4, 0.5) is 5.69 Å². The van der Waals surface area contributed by atoms with Gasteiger partial charge in [-0.1, -0.05) is 0 Å². The van der Waals surface area contributed by atoms with E-state index < -0.39 is 0 Å². The predicted octanol–water partition coefficient (Wildman–Crippen LogP) is 0.751. The average Bonchev–Trinajstić information content (AvgIpc) is 2.28. The van der Waals surface area contributed by atoms with Crippen molar-refractivity contribution in [2.24, 2.45) is 0 Å². The lowest BCUT2D eigenvalue weighted by Crippen LogP contribution is -2.16. The lowest BCUT2D eigenvalue weighted by Gasteiger charge is -2.05. The van der Waals surface area contributed by atoms with Crippen molar-refractivity contribution in [1.82, 2.24) is 5.32 Å². The molecule has 0 aliphatic carbocycles. The van der Waals surface area contributed by atoms with Gasteiger partial charge in [0, 0.05) is 24.3 Å². The van der Waals surface area contributed by atoms with Crippen LogP contribution in [0.3, 0.4) is 0 Å². The maximum Gasteiger partial charge on any atom is 0.123 e. The molecular weight excluding hydrogens is 152 g/mol. The van der Waals surface area contributed by atoms with Crippen molar-refractivity contribution in [3.8, 4) is 5.75 Å². The van der Waals surface area contributed by atoms with Crippen LogP contribution in [0.1, 0.15) is 5.56 Å². The van der Waals surface area contributed by atoms with E-state index in [1.807, 2.05) is 18.2 Å². The van der Waals surface area contributed by atoms with E-state index in [-0.39, 0.29) is 0 Å². The number of anilines is 1. The molecule has 0 saturated heterocycles. The maximum absolute atomic E-state index is 5.65. The standard InChI is InChI=1S/C9H12N2O/c10-8-1-2-9-7(5-8)6-11-3-4-12-9/h1-2,5,11H,3-4,6,10H2. The predicted molar refractivity (Wildman–Crippen MR) is 48.1 cm³/mol. The molecular formula is C9H12N2O. The second-order valence-corrected chi connectivity index (χ2v) is 2.89. The zero-order valence-electron chi connectivity index (χ0n) is 6.84. The fourth-order valence-electron chi connectivity index (χ4n) is 1.33. The summed E-state index contributed by atoms with van der Waals surface area (Å²) in [6.45, 7) is 2.48. The number of ether oxygens (including phenoxy) is 1. The summed E-state index contributed by atoms with van der Waals surface area (Å²) in [5.74, 6) is 0.953. The molecule has 0 spiro atoms. The first-order valence-electron chi connectivity index (χ1n) is 4.08. The number of rotatable bonds is 0. The minimum absolute atomic E-state index is 0.733. The Balaban J connectivity index is 2.36. The molecule has 2 rings (SSSR count). The Morgan fingerprint density at radius 3 is 3.25 bits per heavy atom. The quantitative estimate of drug-likeness (QED) is 0.556. The van der Waals surface area contributed by atoms with E-state index in [1.165, 1.54) is 0 Å². The summed E-state index contributed by atoms with van der Waals surface area (Å²) >= 11 is 0. The van der Waals surface area contributed by atoms with Crippen molar-refractivity contribution < 1.29 is 4.74 Å². The minimum atomic E-state index is 0.733. The monoisotopic (exact) mass is 164 g/mol. The number of benzene rings is 1. The van der Waals surface area contributed by atoms with Crippen LogP contribution >= 0.6 is 0 Å². The molecule has 0 fully saturated rings. The average molecular weight is 164 g/mol. The van der Waals surface area contributed by atoms with Gasteiger partial charge in [-0.2, -0.15) is 0 Å². The van der Waals surface area contributed by atoms with Crippen LogP contribution in [0.25, 0.3) is 0 Å². The summed E-state index contributed by atoms with van der Waals surface area (Å²) in [6.07, 6.45) is 0. The highest BCUT2D eigenvalue weighted by atomic mass is 16.5. The molecule has 0 bridgehead atoms. The molecule has 3 nitrogen and oxygen atoms in total. The highest BCUT2D eigenvalue weighted by molar-refractivity contribution is 5.48. The highest BCUT2D eigenvalue weighted by Gasteiger charge is 2.07. The molecule has 0 saturated carbocycles. The minimum Gasteiger partial charge on any atom is -0.492 e. The van der Waals surface area contributed by atoms with E-state index in [2.05, 4.69) is 5.32 Å². The molecule has 1 aliphatic rings. The second kappa shape index (κ2) is 3.03. The van der Waals surface area contributed by atoms with E-state index in [1.54, 1.807) is 0 Å². The Kier molecular flexibility index (Phi) is 1.87. The van der Waals surface area contributed by atoms with Gasteiger partial charge in [-0.05, 0) is 18.2 Å². The van der Waals surface area contributed by atoms with Crippen molar-refractivity contribution in [2.45, 2.75) is 6.54 Å². The Bertz CT molecular complexity index is 286. The third kappa shape index (κ3) is 1.36. The van der Waals surface area contributed by atoms with Gasteiger partial charge >= 0.3 is 0 Å². The van der Waals surface area contributed by atoms with Gasteiger partial charge in [-0.3, -0.25) is 0 Å². The molecule has 1 aromatic carbocycles. The van der Waals surface area contributed by atoms with Crippen molar-refractivity contribution in [1.29, 1.82) is 0 Å². The molecule has 1 heterocycles. The van der Waals surface area contributed by atoms with Crippen LogP contribution in [0.5, 0.6) is 5.75 Å². The van der Waals surface area contributed by atoms with Crippen molar-refractivity contribution >= 4 is 5.69 Å². The number of hydrogen-bond donors (Lipinski definition) is 2.